The number of rotatable bonds is 4. The van der Waals surface area contributed by atoms with Crippen LogP contribution in [0.15, 0.2) is 42.5 Å². The average molecular weight is 338 g/mol. The maximum Gasteiger partial charge on any atom is 0.244 e. The lowest BCUT2D eigenvalue weighted by molar-refractivity contribution is -0.125. The molecular formula is C21H26N2O2. The quantitative estimate of drug-likeness (QED) is 0.855. The molecule has 1 aliphatic heterocycles. The number of methoxy groups -OCH3 is 1. The van der Waals surface area contributed by atoms with E-state index in [2.05, 4.69) is 36.9 Å². The van der Waals surface area contributed by atoms with Crippen molar-refractivity contribution in [3.63, 3.8) is 0 Å². The van der Waals surface area contributed by atoms with Crippen LogP contribution in [0.2, 0.25) is 0 Å². The van der Waals surface area contributed by atoms with Crippen molar-refractivity contribution < 1.29 is 9.53 Å². The Hall–Kier alpha value is -2.33. The number of ether oxygens (including phenoxy) is 1. The third kappa shape index (κ3) is 3.54. The number of aryl methyl sites for hydroxylation is 1. The Kier molecular flexibility index (Phi) is 5.09. The summed E-state index contributed by atoms with van der Waals surface area (Å²) in [6, 6.07) is 14.1. The molecule has 0 radical (unpaired) electrons. The fourth-order valence-electron chi connectivity index (χ4n) is 3.36. The number of carbonyl (C=O) groups is 1. The van der Waals surface area contributed by atoms with Crippen LogP contribution in [-0.4, -0.2) is 37.0 Å². The van der Waals surface area contributed by atoms with E-state index >= 15 is 0 Å². The molecule has 4 nitrogen and oxygen atoms in total. The Bertz CT molecular complexity index is 755. The summed E-state index contributed by atoms with van der Waals surface area (Å²) in [5, 5.41) is 0. The summed E-state index contributed by atoms with van der Waals surface area (Å²) >= 11 is 0. The SMILES string of the molecule is COc1ccc(CN2CCN(c3cccc(C)c3C)C(=O)[C@H]2C)cc1. The lowest BCUT2D eigenvalue weighted by Gasteiger charge is -2.39. The van der Waals surface area contributed by atoms with E-state index in [0.29, 0.717) is 0 Å². The monoisotopic (exact) mass is 338 g/mol. The first-order valence-electron chi connectivity index (χ1n) is 8.76. The third-order valence-corrected chi connectivity index (χ3v) is 5.19. The molecule has 1 saturated heterocycles. The second-order valence-electron chi connectivity index (χ2n) is 6.70. The normalized spacial score (nSPS) is 18.5. The molecule has 25 heavy (non-hydrogen) atoms. The number of hydrogen-bond donors (Lipinski definition) is 0. The molecule has 1 amide bonds. The van der Waals surface area contributed by atoms with Crippen molar-refractivity contribution in [3.05, 3.63) is 59.2 Å². The van der Waals surface area contributed by atoms with Crippen molar-refractivity contribution in [2.24, 2.45) is 0 Å². The molecule has 1 fully saturated rings. The van der Waals surface area contributed by atoms with Crippen molar-refractivity contribution in [1.82, 2.24) is 4.90 Å². The first-order valence-corrected chi connectivity index (χ1v) is 8.76. The van der Waals surface area contributed by atoms with E-state index < -0.39 is 0 Å². The predicted octanol–water partition coefficient (Wildman–Crippen LogP) is 3.55. The molecule has 4 heteroatoms. The average Bonchev–Trinajstić information content (AvgIpc) is 2.63. The van der Waals surface area contributed by atoms with E-state index in [-0.39, 0.29) is 11.9 Å². The number of anilines is 1. The Morgan fingerprint density at radius 3 is 2.48 bits per heavy atom. The molecule has 0 bridgehead atoms. The Morgan fingerprint density at radius 2 is 1.80 bits per heavy atom. The van der Waals surface area contributed by atoms with E-state index in [0.717, 1.165) is 31.1 Å². The molecular weight excluding hydrogens is 312 g/mol. The molecule has 3 rings (SSSR count). The van der Waals surface area contributed by atoms with E-state index in [4.69, 9.17) is 4.74 Å². The van der Waals surface area contributed by atoms with Crippen molar-refractivity contribution in [2.45, 2.75) is 33.4 Å². The summed E-state index contributed by atoms with van der Waals surface area (Å²) < 4.78 is 5.21. The van der Waals surface area contributed by atoms with Crippen LogP contribution >= 0.6 is 0 Å². The highest BCUT2D eigenvalue weighted by molar-refractivity contribution is 5.98. The zero-order chi connectivity index (χ0) is 18.0. The van der Waals surface area contributed by atoms with Gasteiger partial charge in [0.1, 0.15) is 5.75 Å². The molecule has 0 saturated carbocycles. The van der Waals surface area contributed by atoms with Crippen molar-refractivity contribution in [2.75, 3.05) is 25.1 Å². The van der Waals surface area contributed by atoms with Gasteiger partial charge in [-0.2, -0.15) is 0 Å². The van der Waals surface area contributed by atoms with Crippen LogP contribution in [0.3, 0.4) is 0 Å². The summed E-state index contributed by atoms with van der Waals surface area (Å²) in [5.41, 5.74) is 4.65. The van der Waals surface area contributed by atoms with Crippen LogP contribution in [0.5, 0.6) is 5.75 Å². The number of piperazine rings is 1. The highest BCUT2D eigenvalue weighted by Gasteiger charge is 2.32. The van der Waals surface area contributed by atoms with Crippen molar-refractivity contribution in [3.8, 4) is 5.75 Å². The van der Waals surface area contributed by atoms with Crippen LogP contribution in [0.1, 0.15) is 23.6 Å². The van der Waals surface area contributed by atoms with Gasteiger partial charge in [-0.3, -0.25) is 9.69 Å². The highest BCUT2D eigenvalue weighted by atomic mass is 16.5. The van der Waals surface area contributed by atoms with Gasteiger partial charge in [0.15, 0.2) is 0 Å². The van der Waals surface area contributed by atoms with Crippen LogP contribution in [0, 0.1) is 13.8 Å². The minimum Gasteiger partial charge on any atom is -0.497 e. The lowest BCUT2D eigenvalue weighted by atomic mass is 10.0. The number of benzene rings is 2. The molecule has 0 aliphatic carbocycles. The molecule has 1 atom stereocenters. The molecule has 0 unspecified atom stereocenters. The molecule has 0 spiro atoms. The van der Waals surface area contributed by atoms with Gasteiger partial charge >= 0.3 is 0 Å². The van der Waals surface area contributed by atoms with Gasteiger partial charge in [-0.15, -0.1) is 0 Å². The van der Waals surface area contributed by atoms with Gasteiger partial charge in [0, 0.05) is 25.3 Å². The van der Waals surface area contributed by atoms with Gasteiger partial charge in [-0.05, 0) is 55.7 Å². The van der Waals surface area contributed by atoms with Gasteiger partial charge in [0.2, 0.25) is 5.91 Å². The van der Waals surface area contributed by atoms with Gasteiger partial charge in [-0.1, -0.05) is 24.3 Å². The van der Waals surface area contributed by atoms with Gasteiger partial charge < -0.3 is 9.64 Å². The number of amides is 1. The van der Waals surface area contributed by atoms with Gasteiger partial charge in [0.05, 0.1) is 13.2 Å². The van der Waals surface area contributed by atoms with Crippen molar-refractivity contribution in [1.29, 1.82) is 0 Å². The molecule has 132 valence electrons. The standard InChI is InChI=1S/C21H26N2O2/c1-15-6-5-7-20(16(15)2)23-13-12-22(17(3)21(23)24)14-18-8-10-19(25-4)11-9-18/h5-11,17H,12-14H2,1-4H3/t17-/m1/s1. The predicted molar refractivity (Wildman–Crippen MR) is 101 cm³/mol. The minimum atomic E-state index is -0.129. The lowest BCUT2D eigenvalue weighted by Crippen LogP contribution is -2.55. The summed E-state index contributed by atoms with van der Waals surface area (Å²) in [6.07, 6.45) is 0. The Morgan fingerprint density at radius 1 is 1.08 bits per heavy atom. The van der Waals surface area contributed by atoms with E-state index in [9.17, 15) is 4.79 Å². The maximum absolute atomic E-state index is 13.0. The smallest absolute Gasteiger partial charge is 0.244 e. The van der Waals surface area contributed by atoms with Crippen LogP contribution in [0.25, 0.3) is 0 Å². The van der Waals surface area contributed by atoms with Gasteiger partial charge in [-0.25, -0.2) is 0 Å². The van der Waals surface area contributed by atoms with E-state index in [1.807, 2.05) is 36.1 Å². The fourth-order valence-corrected chi connectivity index (χ4v) is 3.36. The van der Waals surface area contributed by atoms with E-state index in [1.54, 1.807) is 7.11 Å². The third-order valence-electron chi connectivity index (χ3n) is 5.19. The molecule has 2 aromatic rings. The summed E-state index contributed by atoms with van der Waals surface area (Å²) in [7, 11) is 1.67. The second-order valence-corrected chi connectivity index (χ2v) is 6.70. The molecule has 1 aliphatic rings. The van der Waals surface area contributed by atoms with Gasteiger partial charge in [0.25, 0.3) is 0 Å². The largest absolute Gasteiger partial charge is 0.497 e. The first kappa shape index (κ1) is 17.5. The molecule has 2 aromatic carbocycles. The maximum atomic E-state index is 13.0. The topological polar surface area (TPSA) is 32.8 Å². The Labute approximate surface area is 150 Å². The van der Waals surface area contributed by atoms with Crippen molar-refractivity contribution >= 4 is 11.6 Å². The van der Waals surface area contributed by atoms with Crippen LogP contribution in [0.4, 0.5) is 5.69 Å². The van der Waals surface area contributed by atoms with Crippen LogP contribution < -0.4 is 9.64 Å². The number of carbonyl (C=O) groups excluding carboxylic acids is 1. The molecule has 0 N–H and O–H groups in total. The Balaban J connectivity index is 1.73. The summed E-state index contributed by atoms with van der Waals surface area (Å²) in [4.78, 5) is 17.1. The number of nitrogens with zero attached hydrogens (tertiary/aromatic N) is 2. The minimum absolute atomic E-state index is 0.129. The zero-order valence-electron chi connectivity index (χ0n) is 15.5. The fraction of sp³-hybridized carbons (Fsp3) is 0.381. The highest BCUT2D eigenvalue weighted by Crippen LogP contribution is 2.27. The number of hydrogen-bond acceptors (Lipinski definition) is 3. The summed E-state index contributed by atoms with van der Waals surface area (Å²) in [6.45, 7) is 8.55. The summed E-state index contributed by atoms with van der Waals surface area (Å²) in [5.74, 6) is 1.03. The first-order chi connectivity index (χ1) is 12.0. The zero-order valence-corrected chi connectivity index (χ0v) is 15.5. The second kappa shape index (κ2) is 7.28. The molecule has 0 aromatic heterocycles. The van der Waals surface area contributed by atoms with Crippen LogP contribution in [-0.2, 0) is 11.3 Å². The molecule has 1 heterocycles. The van der Waals surface area contributed by atoms with E-state index in [1.165, 1.54) is 16.7 Å².